The van der Waals surface area contributed by atoms with Crippen molar-refractivity contribution in [1.82, 2.24) is 9.78 Å². The molecule has 0 saturated carbocycles. The number of nitrogens with zero attached hydrogens (tertiary/aromatic N) is 2. The van der Waals surface area contributed by atoms with Crippen molar-refractivity contribution in [2.75, 3.05) is 5.73 Å². The minimum atomic E-state index is 0.580. The fourth-order valence-electron chi connectivity index (χ4n) is 1.76. The summed E-state index contributed by atoms with van der Waals surface area (Å²) < 4.78 is 1.93. The van der Waals surface area contributed by atoms with E-state index in [0.29, 0.717) is 10.7 Å². The van der Waals surface area contributed by atoms with E-state index in [0.717, 1.165) is 33.6 Å². The number of hydrogen-bond acceptors (Lipinski definition) is 3. The minimum Gasteiger partial charge on any atom is -0.398 e. The lowest BCUT2D eigenvalue weighted by Crippen LogP contribution is -2.01. The Bertz CT molecular complexity index is 596. The number of aromatic nitrogens is 2. The quantitative estimate of drug-likeness (QED) is 0.672. The van der Waals surface area contributed by atoms with E-state index in [2.05, 4.69) is 12.0 Å². The first-order valence-corrected chi connectivity index (χ1v) is 7.66. The molecule has 0 saturated heterocycles. The first kappa shape index (κ1) is 14.6. The predicted molar refractivity (Wildman–Crippen MR) is 83.1 cm³/mol. The van der Waals surface area contributed by atoms with Crippen molar-refractivity contribution < 1.29 is 0 Å². The van der Waals surface area contributed by atoms with Crippen LogP contribution in [-0.4, -0.2) is 9.78 Å². The van der Waals surface area contributed by atoms with Gasteiger partial charge in [-0.1, -0.05) is 23.2 Å². The zero-order valence-corrected chi connectivity index (χ0v) is 13.1. The van der Waals surface area contributed by atoms with Crippen LogP contribution in [0.5, 0.6) is 0 Å². The van der Waals surface area contributed by atoms with Crippen LogP contribution in [0.15, 0.2) is 23.1 Å². The van der Waals surface area contributed by atoms with Crippen molar-refractivity contribution in [3.63, 3.8) is 0 Å². The number of aryl methyl sites for hydroxylation is 2. The molecule has 2 N–H and O–H groups in total. The molecule has 2 rings (SSSR count). The Morgan fingerprint density at radius 3 is 2.74 bits per heavy atom. The number of anilines is 1. The third-order valence-corrected chi connectivity index (χ3v) is 4.62. The highest BCUT2D eigenvalue weighted by atomic mass is 35.5. The van der Waals surface area contributed by atoms with Crippen LogP contribution in [0.25, 0.3) is 0 Å². The fourth-order valence-corrected chi connectivity index (χ4v) is 3.25. The Morgan fingerprint density at radius 1 is 1.37 bits per heavy atom. The maximum Gasteiger partial charge on any atom is 0.0855 e. The lowest BCUT2D eigenvalue weighted by Gasteiger charge is -2.06. The van der Waals surface area contributed by atoms with Gasteiger partial charge in [0.05, 0.1) is 27.1 Å². The molecular formula is C13H15Cl2N3S. The lowest BCUT2D eigenvalue weighted by molar-refractivity contribution is 0.632. The van der Waals surface area contributed by atoms with Crippen molar-refractivity contribution in [2.24, 2.45) is 0 Å². The third-order valence-electron chi connectivity index (χ3n) is 2.80. The molecule has 0 aliphatic rings. The molecule has 2 aromatic rings. The van der Waals surface area contributed by atoms with Gasteiger partial charge >= 0.3 is 0 Å². The van der Waals surface area contributed by atoms with E-state index in [1.165, 1.54) is 0 Å². The second kappa shape index (κ2) is 6.07. The Kier molecular flexibility index (Phi) is 4.66. The van der Waals surface area contributed by atoms with Gasteiger partial charge in [0, 0.05) is 17.2 Å². The summed E-state index contributed by atoms with van der Waals surface area (Å²) in [5.74, 6) is 0.758. The van der Waals surface area contributed by atoms with Crippen LogP contribution in [-0.2, 0) is 12.3 Å². The summed E-state index contributed by atoms with van der Waals surface area (Å²) in [5.41, 5.74) is 8.20. The van der Waals surface area contributed by atoms with E-state index in [-0.39, 0.29) is 0 Å². The first-order valence-electron chi connectivity index (χ1n) is 5.92. The summed E-state index contributed by atoms with van der Waals surface area (Å²) in [6.45, 7) is 4.78. The monoisotopic (exact) mass is 315 g/mol. The van der Waals surface area contributed by atoms with Gasteiger partial charge in [-0.25, -0.2) is 0 Å². The van der Waals surface area contributed by atoms with Crippen LogP contribution >= 0.6 is 35.0 Å². The molecule has 0 bridgehead atoms. The maximum atomic E-state index is 6.27. The first-order chi connectivity index (χ1) is 9.02. The molecule has 0 radical (unpaired) electrons. The van der Waals surface area contributed by atoms with Gasteiger partial charge in [-0.15, -0.1) is 11.8 Å². The maximum absolute atomic E-state index is 6.27. The molecule has 1 aromatic carbocycles. The summed E-state index contributed by atoms with van der Waals surface area (Å²) in [6, 6.07) is 5.64. The van der Waals surface area contributed by atoms with Crippen LogP contribution in [0.3, 0.4) is 0 Å². The molecule has 0 atom stereocenters. The van der Waals surface area contributed by atoms with Crippen molar-refractivity contribution in [2.45, 2.75) is 31.0 Å². The topological polar surface area (TPSA) is 43.8 Å². The molecule has 1 aromatic heterocycles. The molecule has 102 valence electrons. The van der Waals surface area contributed by atoms with Crippen molar-refractivity contribution in [3.05, 3.63) is 39.6 Å². The number of rotatable bonds is 4. The zero-order valence-electron chi connectivity index (χ0n) is 10.8. The van der Waals surface area contributed by atoms with Crippen molar-refractivity contribution in [1.29, 1.82) is 0 Å². The fraction of sp³-hybridized carbons (Fsp3) is 0.308. The molecular weight excluding hydrogens is 301 g/mol. The average molecular weight is 316 g/mol. The normalized spacial score (nSPS) is 10.9. The number of halogens is 2. The van der Waals surface area contributed by atoms with Gasteiger partial charge in [-0.2, -0.15) is 5.10 Å². The van der Waals surface area contributed by atoms with Gasteiger partial charge in [0.15, 0.2) is 0 Å². The van der Waals surface area contributed by atoms with Gasteiger partial charge in [0.2, 0.25) is 0 Å². The van der Waals surface area contributed by atoms with E-state index in [9.17, 15) is 0 Å². The summed E-state index contributed by atoms with van der Waals surface area (Å²) in [7, 11) is 0. The third kappa shape index (κ3) is 3.19. The number of nitrogen functional groups attached to an aromatic ring is 1. The number of benzene rings is 1. The van der Waals surface area contributed by atoms with E-state index in [1.807, 2.05) is 29.8 Å². The van der Waals surface area contributed by atoms with E-state index >= 15 is 0 Å². The highest BCUT2D eigenvalue weighted by molar-refractivity contribution is 7.98. The zero-order chi connectivity index (χ0) is 14.0. The van der Waals surface area contributed by atoms with Crippen LogP contribution in [0.1, 0.15) is 18.3 Å². The number of thioether (sulfide) groups is 1. The summed E-state index contributed by atoms with van der Waals surface area (Å²) >= 11 is 13.9. The van der Waals surface area contributed by atoms with Gasteiger partial charge in [0.25, 0.3) is 0 Å². The second-order valence-corrected chi connectivity index (χ2v) is 5.97. The van der Waals surface area contributed by atoms with Crippen LogP contribution < -0.4 is 5.73 Å². The molecule has 0 fully saturated rings. The van der Waals surface area contributed by atoms with Crippen LogP contribution in [0, 0.1) is 6.92 Å². The van der Waals surface area contributed by atoms with E-state index in [4.69, 9.17) is 28.9 Å². The summed E-state index contributed by atoms with van der Waals surface area (Å²) in [5, 5.41) is 5.72. The highest BCUT2D eigenvalue weighted by Crippen LogP contribution is 2.31. The summed E-state index contributed by atoms with van der Waals surface area (Å²) in [6.07, 6.45) is 0. The minimum absolute atomic E-state index is 0.580. The smallest absolute Gasteiger partial charge is 0.0855 e. The summed E-state index contributed by atoms with van der Waals surface area (Å²) in [4.78, 5) is 1.07. The lowest BCUT2D eigenvalue weighted by atomic mass is 10.3. The average Bonchev–Trinajstić information content (AvgIpc) is 2.67. The number of nitrogens with two attached hydrogens (primary N) is 1. The van der Waals surface area contributed by atoms with Crippen LogP contribution in [0.2, 0.25) is 10.0 Å². The van der Waals surface area contributed by atoms with Gasteiger partial charge in [0.1, 0.15) is 0 Å². The Labute approximate surface area is 127 Å². The molecule has 6 heteroatoms. The van der Waals surface area contributed by atoms with Crippen molar-refractivity contribution in [3.8, 4) is 0 Å². The molecule has 0 amide bonds. The molecule has 0 unspecified atom stereocenters. The predicted octanol–water partition coefficient (Wildman–Crippen LogP) is 4.39. The van der Waals surface area contributed by atoms with Crippen LogP contribution in [0.4, 0.5) is 5.69 Å². The SMILES string of the molecule is CCn1nc(C)c(Cl)c1CSc1ccc(N)c(Cl)c1. The van der Waals surface area contributed by atoms with Gasteiger partial charge in [-0.3, -0.25) is 4.68 Å². The van der Waals surface area contributed by atoms with Crippen molar-refractivity contribution >= 4 is 40.7 Å². The van der Waals surface area contributed by atoms with E-state index < -0.39 is 0 Å². The molecule has 0 aliphatic carbocycles. The van der Waals surface area contributed by atoms with E-state index in [1.54, 1.807) is 11.8 Å². The molecule has 1 heterocycles. The standard InChI is InChI=1S/C13H15Cl2N3S/c1-3-18-12(13(15)8(2)17-18)7-19-9-4-5-11(16)10(14)6-9/h4-6H,3,7,16H2,1-2H3. The second-order valence-electron chi connectivity index (χ2n) is 4.13. The molecule has 0 aliphatic heterocycles. The highest BCUT2D eigenvalue weighted by Gasteiger charge is 2.12. The Balaban J connectivity index is 2.16. The Morgan fingerprint density at radius 2 is 2.11 bits per heavy atom. The molecule has 0 spiro atoms. The molecule has 3 nitrogen and oxygen atoms in total. The Hall–Kier alpha value is -0.840. The van der Waals surface area contributed by atoms with Gasteiger partial charge < -0.3 is 5.73 Å². The molecule has 19 heavy (non-hydrogen) atoms. The number of hydrogen-bond donors (Lipinski definition) is 1. The largest absolute Gasteiger partial charge is 0.398 e. The van der Waals surface area contributed by atoms with Gasteiger partial charge in [-0.05, 0) is 32.0 Å².